The summed E-state index contributed by atoms with van der Waals surface area (Å²) in [5, 5.41) is 62.0. The van der Waals surface area contributed by atoms with E-state index in [0.29, 0.717) is 34.8 Å². The number of imidazole rings is 1. The summed E-state index contributed by atoms with van der Waals surface area (Å²) in [4.78, 5) is 28.1. The fraction of sp³-hybridized carbons (Fsp3) is 0.267. The average molecular weight is 617 g/mol. The molecule has 2 aromatic heterocycles. The minimum Gasteiger partial charge on any atom is -0.479 e. The van der Waals surface area contributed by atoms with Crippen molar-refractivity contribution in [3.63, 3.8) is 0 Å². The highest BCUT2D eigenvalue weighted by molar-refractivity contribution is 6.01. The standard InChI is InChI=1S/C30H28N6O9/c1-2-44-30-31-20-9-5-8-19(28(40)41)21(20)35(30)14-15-10-12-16(13-11-15)17-6-3-4-7-18(17)26-32-33-34-36(26)27-24(39)22(37)23(38)25(45-27)29(42)43/h3-13,22-25,27,37-39H,2,14H2,1H3,(H,40,41)(H,42,43)/t22-,23-,24+,25?,27+/m1/s1. The maximum atomic E-state index is 12.0. The van der Waals surface area contributed by atoms with Crippen molar-refractivity contribution in [3.05, 3.63) is 77.9 Å². The Labute approximate surface area is 254 Å². The van der Waals surface area contributed by atoms with Gasteiger partial charge in [0, 0.05) is 5.56 Å². The molecular formula is C30H28N6O9. The Balaban J connectivity index is 1.34. The topological polar surface area (TPSA) is 215 Å². The monoisotopic (exact) mass is 616 g/mol. The lowest BCUT2D eigenvalue weighted by molar-refractivity contribution is -0.249. The number of tetrazole rings is 1. The predicted octanol–water partition coefficient (Wildman–Crippen LogP) is 1.57. The van der Waals surface area contributed by atoms with Gasteiger partial charge in [-0.1, -0.05) is 54.6 Å². The number of ether oxygens (including phenoxy) is 2. The van der Waals surface area contributed by atoms with E-state index in [-0.39, 0.29) is 17.9 Å². The van der Waals surface area contributed by atoms with Gasteiger partial charge < -0.3 is 35.0 Å². The maximum absolute atomic E-state index is 12.0. The highest BCUT2D eigenvalue weighted by atomic mass is 16.6. The molecule has 0 amide bonds. The number of hydrogen-bond acceptors (Lipinski definition) is 11. The van der Waals surface area contributed by atoms with E-state index in [2.05, 4.69) is 20.5 Å². The molecule has 45 heavy (non-hydrogen) atoms. The number of aromatic nitrogens is 6. The molecule has 0 radical (unpaired) electrons. The second kappa shape index (κ2) is 12.0. The Hall–Kier alpha value is -5.22. The predicted molar refractivity (Wildman–Crippen MR) is 155 cm³/mol. The van der Waals surface area contributed by atoms with E-state index in [4.69, 9.17) is 9.47 Å². The smallest absolute Gasteiger partial charge is 0.337 e. The quantitative estimate of drug-likeness (QED) is 0.159. The lowest BCUT2D eigenvalue weighted by atomic mass is 9.96. The number of aliphatic hydroxyl groups excluding tert-OH is 3. The van der Waals surface area contributed by atoms with Crippen LogP contribution in [0.15, 0.2) is 66.7 Å². The largest absolute Gasteiger partial charge is 0.479 e. The van der Waals surface area contributed by atoms with E-state index in [1.807, 2.05) is 43.3 Å². The van der Waals surface area contributed by atoms with Gasteiger partial charge in [0.2, 0.25) is 0 Å². The molecule has 1 saturated heterocycles. The Bertz CT molecular complexity index is 1870. The molecule has 15 nitrogen and oxygen atoms in total. The zero-order valence-corrected chi connectivity index (χ0v) is 23.7. The van der Waals surface area contributed by atoms with Crippen molar-refractivity contribution in [1.82, 2.24) is 29.8 Å². The first-order chi connectivity index (χ1) is 21.7. The third kappa shape index (κ3) is 5.38. The molecule has 232 valence electrons. The van der Waals surface area contributed by atoms with Crippen LogP contribution in [-0.4, -0.2) is 98.3 Å². The summed E-state index contributed by atoms with van der Waals surface area (Å²) in [5.74, 6) is -2.47. The van der Waals surface area contributed by atoms with E-state index in [0.717, 1.165) is 15.8 Å². The first kappa shape index (κ1) is 29.8. The summed E-state index contributed by atoms with van der Waals surface area (Å²) in [7, 11) is 0. The Morgan fingerprint density at radius 3 is 2.33 bits per heavy atom. The van der Waals surface area contributed by atoms with Crippen molar-refractivity contribution < 1.29 is 44.6 Å². The van der Waals surface area contributed by atoms with Crippen LogP contribution >= 0.6 is 0 Å². The van der Waals surface area contributed by atoms with Crippen LogP contribution in [0.2, 0.25) is 0 Å². The third-order valence-electron chi connectivity index (χ3n) is 7.57. The van der Waals surface area contributed by atoms with Gasteiger partial charge in [0.25, 0.3) is 6.01 Å². The van der Waals surface area contributed by atoms with Crippen LogP contribution in [0.3, 0.4) is 0 Å². The first-order valence-corrected chi connectivity index (χ1v) is 13.9. The van der Waals surface area contributed by atoms with Crippen LogP contribution in [-0.2, 0) is 16.1 Å². The van der Waals surface area contributed by atoms with Crippen LogP contribution < -0.4 is 4.74 Å². The molecule has 3 heterocycles. The van der Waals surface area contributed by atoms with Gasteiger partial charge in [-0.05, 0) is 46.2 Å². The molecule has 6 rings (SSSR count). The van der Waals surface area contributed by atoms with Gasteiger partial charge in [0.1, 0.15) is 18.3 Å². The van der Waals surface area contributed by atoms with Crippen molar-refractivity contribution in [1.29, 1.82) is 0 Å². The number of carboxylic acids is 2. The van der Waals surface area contributed by atoms with Gasteiger partial charge in [-0.25, -0.2) is 9.59 Å². The average Bonchev–Trinajstić information content (AvgIpc) is 3.65. The summed E-state index contributed by atoms with van der Waals surface area (Å²) < 4.78 is 14.0. The number of aliphatic carboxylic acids is 1. The second-order valence-corrected chi connectivity index (χ2v) is 10.3. The number of aromatic carboxylic acids is 1. The SMILES string of the molecule is CCOc1nc2cccc(C(=O)O)c2n1Cc1ccc(-c2ccccc2-c2nnnn2[C@H]2OC(C(=O)O)[C@H](O)[C@@H](O)[C@@H]2O)cc1. The van der Waals surface area contributed by atoms with Crippen molar-refractivity contribution in [3.8, 4) is 28.5 Å². The zero-order chi connectivity index (χ0) is 31.8. The van der Waals surface area contributed by atoms with E-state index >= 15 is 0 Å². The number of benzene rings is 3. The molecular weight excluding hydrogens is 588 g/mol. The molecule has 1 aliphatic heterocycles. The molecule has 0 bridgehead atoms. The van der Waals surface area contributed by atoms with Gasteiger partial charge in [0.05, 0.1) is 29.7 Å². The summed E-state index contributed by atoms with van der Waals surface area (Å²) >= 11 is 0. The maximum Gasteiger partial charge on any atom is 0.337 e. The van der Waals surface area contributed by atoms with Crippen molar-refractivity contribution >= 4 is 23.0 Å². The molecule has 5 atom stereocenters. The molecule has 1 unspecified atom stereocenters. The van der Waals surface area contributed by atoms with E-state index in [1.54, 1.807) is 28.8 Å². The van der Waals surface area contributed by atoms with Crippen LogP contribution in [0.5, 0.6) is 6.01 Å². The van der Waals surface area contributed by atoms with Crippen LogP contribution in [0, 0.1) is 0 Å². The zero-order valence-electron chi connectivity index (χ0n) is 23.7. The Morgan fingerprint density at radius 1 is 0.911 bits per heavy atom. The molecule has 1 aliphatic rings. The number of aliphatic hydroxyl groups is 3. The van der Waals surface area contributed by atoms with Gasteiger partial charge in [0.15, 0.2) is 18.2 Å². The number of carboxylic acid groups (broad SMARTS) is 2. The van der Waals surface area contributed by atoms with Crippen LogP contribution in [0.4, 0.5) is 0 Å². The minimum atomic E-state index is -1.86. The minimum absolute atomic E-state index is 0.109. The first-order valence-electron chi connectivity index (χ1n) is 13.9. The number of rotatable bonds is 9. The molecule has 5 aromatic rings. The lowest BCUT2D eigenvalue weighted by Gasteiger charge is -2.38. The van der Waals surface area contributed by atoms with E-state index in [9.17, 15) is 35.1 Å². The van der Waals surface area contributed by atoms with Crippen LogP contribution in [0.25, 0.3) is 33.5 Å². The summed E-state index contributed by atoms with van der Waals surface area (Å²) in [6.45, 7) is 2.45. The van der Waals surface area contributed by atoms with E-state index < -0.39 is 42.6 Å². The number of hydrogen-bond donors (Lipinski definition) is 5. The van der Waals surface area contributed by atoms with Crippen molar-refractivity contribution in [2.24, 2.45) is 0 Å². The van der Waals surface area contributed by atoms with Gasteiger partial charge >= 0.3 is 11.9 Å². The van der Waals surface area contributed by atoms with Crippen molar-refractivity contribution in [2.75, 3.05) is 6.61 Å². The number of para-hydroxylation sites is 1. The number of nitrogens with zero attached hydrogens (tertiary/aromatic N) is 6. The summed E-state index contributed by atoms with van der Waals surface area (Å²) in [6.07, 6.45) is -8.75. The normalized spacial score (nSPS) is 21.6. The highest BCUT2D eigenvalue weighted by Crippen LogP contribution is 2.35. The molecule has 3 aromatic carbocycles. The molecule has 0 aliphatic carbocycles. The summed E-state index contributed by atoms with van der Waals surface area (Å²) in [5.41, 5.74) is 3.88. The van der Waals surface area contributed by atoms with Gasteiger partial charge in [-0.15, -0.1) is 5.10 Å². The molecule has 15 heteroatoms. The lowest BCUT2D eigenvalue weighted by Crippen LogP contribution is -2.58. The molecule has 0 spiro atoms. The fourth-order valence-corrected chi connectivity index (χ4v) is 5.43. The summed E-state index contributed by atoms with van der Waals surface area (Å²) in [6, 6.07) is 19.8. The fourth-order valence-electron chi connectivity index (χ4n) is 5.43. The van der Waals surface area contributed by atoms with Crippen molar-refractivity contribution in [2.45, 2.75) is 44.1 Å². The van der Waals surface area contributed by atoms with Gasteiger partial charge in [-0.2, -0.15) is 9.67 Å². The highest BCUT2D eigenvalue weighted by Gasteiger charge is 2.48. The third-order valence-corrected chi connectivity index (χ3v) is 7.57. The number of fused-ring (bicyclic) bond motifs is 1. The Morgan fingerprint density at radius 2 is 1.64 bits per heavy atom. The molecule has 5 N–H and O–H groups in total. The van der Waals surface area contributed by atoms with Gasteiger partial charge in [-0.3, -0.25) is 4.57 Å². The molecule has 1 fully saturated rings. The second-order valence-electron chi connectivity index (χ2n) is 10.3. The number of carbonyl (C=O) groups is 2. The van der Waals surface area contributed by atoms with E-state index in [1.165, 1.54) is 6.07 Å². The molecule has 0 saturated carbocycles. The van der Waals surface area contributed by atoms with Crippen LogP contribution in [0.1, 0.15) is 29.1 Å². The Kier molecular flexibility index (Phi) is 7.99.